The Balaban J connectivity index is 1.22. The van der Waals surface area contributed by atoms with Gasteiger partial charge < -0.3 is 5.11 Å². The van der Waals surface area contributed by atoms with E-state index in [0.717, 1.165) is 44.4 Å². The number of rotatable bonds is 3. The summed E-state index contributed by atoms with van der Waals surface area (Å²) in [4.78, 5) is 13.6. The van der Waals surface area contributed by atoms with Crippen LogP contribution >= 0.6 is 0 Å². The Hall–Kier alpha value is -1.82. The fourth-order valence-corrected chi connectivity index (χ4v) is 9.27. The molecule has 184 valence electrons. The number of fused-ring (bicyclic) bond motifs is 6. The fraction of sp³-hybridized carbons (Fsp3) is 0.750. The van der Waals surface area contributed by atoms with Gasteiger partial charge in [0.15, 0.2) is 5.78 Å². The maximum atomic E-state index is 13.8. The fourth-order valence-electron chi connectivity index (χ4n) is 9.27. The van der Waals surface area contributed by atoms with Crippen molar-refractivity contribution >= 4 is 16.8 Å². The summed E-state index contributed by atoms with van der Waals surface area (Å²) in [5.74, 6) is 2.59. The average Bonchev–Trinajstić information content (AvgIpc) is 3.34. The number of carbonyl (C=O) groups excluding carboxylic acids is 1. The minimum Gasteiger partial charge on any atom is -0.390 e. The van der Waals surface area contributed by atoms with Crippen molar-refractivity contribution in [1.29, 1.82) is 0 Å². The molecule has 1 aromatic carbocycles. The molecular formula is C28H38FN3O2. The molecule has 4 fully saturated rings. The topological polar surface area (TPSA) is 68.0 Å². The number of ketones is 1. The van der Waals surface area contributed by atoms with E-state index in [0.29, 0.717) is 34.2 Å². The molecule has 0 saturated heterocycles. The maximum Gasteiger partial charge on any atom is 0.157 e. The van der Waals surface area contributed by atoms with Crippen LogP contribution in [-0.2, 0) is 11.3 Å². The summed E-state index contributed by atoms with van der Waals surface area (Å²) in [5.41, 5.74) is 1.10. The first kappa shape index (κ1) is 22.6. The van der Waals surface area contributed by atoms with Crippen LogP contribution in [0.1, 0.15) is 78.6 Å². The summed E-state index contributed by atoms with van der Waals surface area (Å²) in [7, 11) is 0. The van der Waals surface area contributed by atoms with E-state index < -0.39 is 5.60 Å². The average molecular weight is 468 g/mol. The molecule has 1 N–H and O–H groups in total. The third-order valence-electron chi connectivity index (χ3n) is 11.1. The molecule has 5 nitrogen and oxygen atoms in total. The third kappa shape index (κ3) is 3.30. The largest absolute Gasteiger partial charge is 0.390 e. The molecule has 8 atom stereocenters. The highest BCUT2D eigenvalue weighted by molar-refractivity contribution is 5.84. The highest BCUT2D eigenvalue weighted by Crippen LogP contribution is 2.68. The van der Waals surface area contributed by atoms with E-state index in [1.165, 1.54) is 31.4 Å². The van der Waals surface area contributed by atoms with Crippen molar-refractivity contribution < 1.29 is 14.3 Å². The van der Waals surface area contributed by atoms with Gasteiger partial charge in [-0.05, 0) is 111 Å². The van der Waals surface area contributed by atoms with Gasteiger partial charge in [-0.25, -0.2) is 9.07 Å². The van der Waals surface area contributed by atoms with Gasteiger partial charge in [0.25, 0.3) is 0 Å². The molecule has 0 aliphatic heterocycles. The van der Waals surface area contributed by atoms with Crippen molar-refractivity contribution in [3.05, 3.63) is 24.0 Å². The summed E-state index contributed by atoms with van der Waals surface area (Å²) in [6.45, 7) is 7.09. The highest BCUT2D eigenvalue weighted by Gasteiger charge is 2.61. The Bertz CT molecular complexity index is 1130. The molecule has 4 saturated carbocycles. The van der Waals surface area contributed by atoms with Crippen LogP contribution in [0.15, 0.2) is 18.2 Å². The van der Waals surface area contributed by atoms with Crippen LogP contribution in [-0.4, -0.2) is 31.5 Å². The van der Waals surface area contributed by atoms with Crippen LogP contribution in [0.3, 0.4) is 0 Å². The molecule has 0 spiro atoms. The zero-order valence-electron chi connectivity index (χ0n) is 20.8. The minimum absolute atomic E-state index is 0.0449. The van der Waals surface area contributed by atoms with Gasteiger partial charge in [-0.1, -0.05) is 19.1 Å². The molecule has 6 heteroatoms. The molecule has 0 bridgehead atoms. The number of hydrogen-bond donors (Lipinski definition) is 1. The van der Waals surface area contributed by atoms with Crippen molar-refractivity contribution in [3.63, 3.8) is 0 Å². The summed E-state index contributed by atoms with van der Waals surface area (Å²) < 4.78 is 15.4. The smallest absolute Gasteiger partial charge is 0.157 e. The molecule has 0 radical (unpaired) electrons. The number of carbonyl (C=O) groups is 1. The van der Waals surface area contributed by atoms with Crippen molar-refractivity contribution in [2.75, 3.05) is 0 Å². The number of hydrogen-bond acceptors (Lipinski definition) is 4. The predicted molar refractivity (Wildman–Crippen MR) is 128 cm³/mol. The lowest BCUT2D eigenvalue weighted by Crippen LogP contribution is -2.55. The molecule has 1 heterocycles. The quantitative estimate of drug-likeness (QED) is 0.643. The molecule has 6 rings (SSSR count). The molecular weight excluding hydrogens is 429 g/mol. The van der Waals surface area contributed by atoms with Gasteiger partial charge in [0, 0.05) is 12.0 Å². The van der Waals surface area contributed by atoms with E-state index in [9.17, 15) is 14.3 Å². The molecule has 1 aromatic heterocycles. The summed E-state index contributed by atoms with van der Waals surface area (Å²) in [5, 5.41) is 19.0. The van der Waals surface area contributed by atoms with E-state index in [4.69, 9.17) is 0 Å². The van der Waals surface area contributed by atoms with Crippen molar-refractivity contribution in [3.8, 4) is 0 Å². The zero-order valence-corrected chi connectivity index (χ0v) is 20.8. The second-order valence-electron chi connectivity index (χ2n) is 12.9. The van der Waals surface area contributed by atoms with Gasteiger partial charge in [-0.3, -0.25) is 4.79 Å². The van der Waals surface area contributed by atoms with Gasteiger partial charge in [0.1, 0.15) is 17.9 Å². The number of nitrogens with zero attached hydrogens (tertiary/aromatic N) is 3. The van der Waals surface area contributed by atoms with Gasteiger partial charge >= 0.3 is 0 Å². The van der Waals surface area contributed by atoms with Crippen LogP contribution in [0.2, 0.25) is 0 Å². The number of Topliss-reactive ketones (excluding diaryl/α,β-unsaturated/α-hetero) is 1. The Morgan fingerprint density at radius 3 is 2.68 bits per heavy atom. The van der Waals surface area contributed by atoms with Gasteiger partial charge in [-0.15, -0.1) is 5.10 Å². The Kier molecular flexibility index (Phi) is 5.05. The number of aliphatic hydroxyl groups is 1. The van der Waals surface area contributed by atoms with Crippen LogP contribution in [0, 0.1) is 46.2 Å². The monoisotopic (exact) mass is 467 g/mol. The summed E-state index contributed by atoms with van der Waals surface area (Å²) >= 11 is 0. The molecule has 4 aliphatic rings. The maximum absolute atomic E-state index is 13.8. The summed E-state index contributed by atoms with van der Waals surface area (Å²) in [6.07, 6.45) is 9.87. The highest BCUT2D eigenvalue weighted by atomic mass is 19.1. The van der Waals surface area contributed by atoms with Crippen LogP contribution in [0.5, 0.6) is 0 Å². The second kappa shape index (κ2) is 7.59. The van der Waals surface area contributed by atoms with Crippen LogP contribution < -0.4 is 0 Å². The Morgan fingerprint density at radius 2 is 1.85 bits per heavy atom. The standard InChI is InChI=1S/C28H38FN3O2/c1-26(34)12-13-27(2)17(15-26)4-6-19-20-7-8-22(28(20,3)11-10-21(19)27)25(33)16-32-24-14-18(29)5-9-23(24)30-31-32/h5,9,14,17,19-22,34H,4,6-8,10-13,15-16H2,1-3H3/t17-,19-,20-,21-,22+,26+,27-,28?/m0/s1. The van der Waals surface area contributed by atoms with Gasteiger partial charge in [0.05, 0.1) is 11.1 Å². The number of aromatic nitrogens is 3. The molecule has 0 amide bonds. The number of halogens is 1. The molecule has 1 unspecified atom stereocenters. The zero-order chi connectivity index (χ0) is 23.9. The first-order valence-electron chi connectivity index (χ1n) is 13.3. The first-order valence-corrected chi connectivity index (χ1v) is 13.3. The van der Waals surface area contributed by atoms with Crippen LogP contribution in [0.25, 0.3) is 11.0 Å². The summed E-state index contributed by atoms with van der Waals surface area (Å²) in [6, 6.07) is 4.43. The van der Waals surface area contributed by atoms with Gasteiger partial charge in [0.2, 0.25) is 0 Å². The lowest BCUT2D eigenvalue weighted by atomic mass is 9.44. The molecule has 4 aliphatic carbocycles. The number of benzene rings is 1. The van der Waals surface area contributed by atoms with Gasteiger partial charge in [-0.2, -0.15) is 0 Å². The normalized spacial score (nSPS) is 43.9. The Labute approximate surface area is 201 Å². The van der Waals surface area contributed by atoms with E-state index >= 15 is 0 Å². The second-order valence-corrected chi connectivity index (χ2v) is 12.9. The van der Waals surface area contributed by atoms with E-state index in [1.54, 1.807) is 10.7 Å². The van der Waals surface area contributed by atoms with E-state index in [2.05, 4.69) is 24.2 Å². The SMILES string of the molecule is CC12CC[C@H]3[C@@H](CC[C@H]4C[C@](C)(O)CC[C@@]43C)[C@@H]1CC[C@@H]2C(=O)Cn1nnc2ccc(F)cc21. The molecule has 2 aromatic rings. The Morgan fingerprint density at radius 1 is 1.06 bits per heavy atom. The van der Waals surface area contributed by atoms with Crippen LogP contribution in [0.4, 0.5) is 4.39 Å². The van der Waals surface area contributed by atoms with Crippen molar-refractivity contribution in [2.24, 2.45) is 40.4 Å². The third-order valence-corrected chi connectivity index (χ3v) is 11.1. The van der Waals surface area contributed by atoms with E-state index in [-0.39, 0.29) is 29.5 Å². The van der Waals surface area contributed by atoms with Crippen molar-refractivity contribution in [1.82, 2.24) is 15.0 Å². The van der Waals surface area contributed by atoms with E-state index in [1.807, 2.05) is 6.92 Å². The first-order chi connectivity index (χ1) is 16.1. The lowest BCUT2D eigenvalue weighted by molar-refractivity contribution is -0.151. The minimum atomic E-state index is -0.500. The lowest BCUT2D eigenvalue weighted by Gasteiger charge is -2.61. The van der Waals surface area contributed by atoms with Crippen molar-refractivity contribution in [2.45, 2.75) is 90.7 Å². The predicted octanol–water partition coefficient (Wildman–Crippen LogP) is 5.55. The molecule has 34 heavy (non-hydrogen) atoms.